The lowest BCUT2D eigenvalue weighted by Crippen LogP contribution is -2.25. The maximum absolute atomic E-state index is 11.2. The molecule has 0 aromatic rings. The van der Waals surface area contributed by atoms with Crippen LogP contribution < -0.4 is 0 Å². The predicted molar refractivity (Wildman–Crippen MR) is 57.6 cm³/mol. The molecule has 0 unspecified atom stereocenters. The van der Waals surface area contributed by atoms with Gasteiger partial charge in [-0.1, -0.05) is 41.0 Å². The fourth-order valence-corrected chi connectivity index (χ4v) is 1.72. The van der Waals surface area contributed by atoms with E-state index in [-0.39, 0.29) is 5.92 Å². The summed E-state index contributed by atoms with van der Waals surface area (Å²) in [6.45, 7) is 12.7. The summed E-state index contributed by atoms with van der Waals surface area (Å²) < 4.78 is 0. The molecule has 0 N–H and O–H groups in total. The van der Waals surface area contributed by atoms with Crippen LogP contribution in [0.3, 0.4) is 0 Å². The normalized spacial score (nSPS) is 20.5. The average molecular weight is 184 g/mol. The lowest BCUT2D eigenvalue weighted by Gasteiger charge is -2.28. The van der Waals surface area contributed by atoms with Crippen LogP contribution in [-0.2, 0) is 4.79 Å². The van der Waals surface area contributed by atoms with Gasteiger partial charge < -0.3 is 0 Å². The van der Waals surface area contributed by atoms with Crippen molar-refractivity contribution in [3.63, 3.8) is 0 Å². The largest absolute Gasteiger partial charge is 0.300 e. The maximum Gasteiger partial charge on any atom is 0.132 e. The highest BCUT2D eigenvalue weighted by Crippen LogP contribution is 2.28. The van der Waals surface area contributed by atoms with E-state index in [9.17, 15) is 4.79 Å². The Morgan fingerprint density at radius 2 is 1.54 bits per heavy atom. The van der Waals surface area contributed by atoms with E-state index < -0.39 is 0 Å². The number of carbonyl (C=O) groups is 1. The molecule has 0 aliphatic heterocycles. The van der Waals surface area contributed by atoms with Gasteiger partial charge in [0, 0.05) is 5.92 Å². The summed E-state index contributed by atoms with van der Waals surface area (Å²) in [5, 5.41) is 0. The number of hydrogen-bond donors (Lipinski definition) is 0. The second-order valence-corrected chi connectivity index (χ2v) is 4.50. The Morgan fingerprint density at radius 1 is 1.08 bits per heavy atom. The Kier molecular flexibility index (Phi) is 5.27. The first kappa shape index (κ1) is 12.7. The molecule has 0 fully saturated rings. The van der Waals surface area contributed by atoms with Gasteiger partial charge in [-0.05, 0) is 24.7 Å². The van der Waals surface area contributed by atoms with Gasteiger partial charge in [-0.25, -0.2) is 0 Å². The standard InChI is InChI=1S/C12H24O/c1-7-8(2)9(3)10(4)11(5)12(6)13/h8-11H,7H2,1-6H3/t8-,9+,10-,11-/m1/s1. The molecule has 0 heterocycles. The van der Waals surface area contributed by atoms with Gasteiger partial charge in [-0.15, -0.1) is 0 Å². The summed E-state index contributed by atoms with van der Waals surface area (Å²) in [4.78, 5) is 11.2. The Balaban J connectivity index is 4.24. The number of Topliss-reactive ketones (excluding diaryl/α,β-unsaturated/α-hetero) is 1. The van der Waals surface area contributed by atoms with Gasteiger partial charge in [-0.3, -0.25) is 4.79 Å². The van der Waals surface area contributed by atoms with Crippen LogP contribution in [0.4, 0.5) is 0 Å². The van der Waals surface area contributed by atoms with E-state index >= 15 is 0 Å². The first-order valence-corrected chi connectivity index (χ1v) is 5.42. The lowest BCUT2D eigenvalue weighted by molar-refractivity contribution is -0.122. The Morgan fingerprint density at radius 3 is 1.85 bits per heavy atom. The fraction of sp³-hybridized carbons (Fsp3) is 0.917. The van der Waals surface area contributed by atoms with E-state index in [0.717, 1.165) is 5.92 Å². The molecular weight excluding hydrogens is 160 g/mol. The van der Waals surface area contributed by atoms with Crippen LogP contribution in [0.15, 0.2) is 0 Å². The fourth-order valence-electron chi connectivity index (χ4n) is 1.72. The van der Waals surface area contributed by atoms with E-state index in [0.29, 0.717) is 17.6 Å². The molecular formula is C12H24O. The third-order valence-electron chi connectivity index (χ3n) is 3.80. The zero-order valence-corrected chi connectivity index (χ0v) is 9.92. The summed E-state index contributed by atoms with van der Waals surface area (Å²) in [6.07, 6.45) is 1.20. The molecule has 0 aliphatic rings. The second-order valence-electron chi connectivity index (χ2n) is 4.50. The minimum absolute atomic E-state index is 0.212. The zero-order valence-electron chi connectivity index (χ0n) is 9.92. The highest BCUT2D eigenvalue weighted by Gasteiger charge is 2.25. The van der Waals surface area contributed by atoms with Crippen LogP contribution in [0.5, 0.6) is 0 Å². The highest BCUT2D eigenvalue weighted by atomic mass is 16.1. The second kappa shape index (κ2) is 5.41. The van der Waals surface area contributed by atoms with Gasteiger partial charge in [0.25, 0.3) is 0 Å². The van der Waals surface area contributed by atoms with Crippen molar-refractivity contribution in [1.82, 2.24) is 0 Å². The van der Waals surface area contributed by atoms with E-state index in [2.05, 4.69) is 27.7 Å². The lowest BCUT2D eigenvalue weighted by atomic mass is 9.76. The molecule has 1 heteroatoms. The average Bonchev–Trinajstić information content (AvgIpc) is 2.12. The van der Waals surface area contributed by atoms with Crippen LogP contribution in [0.1, 0.15) is 48.0 Å². The molecule has 78 valence electrons. The molecule has 0 amide bonds. The van der Waals surface area contributed by atoms with Gasteiger partial charge in [0.1, 0.15) is 5.78 Å². The molecule has 0 rings (SSSR count). The summed E-state index contributed by atoms with van der Waals surface area (Å²) in [6, 6.07) is 0. The molecule has 0 aromatic carbocycles. The summed E-state index contributed by atoms with van der Waals surface area (Å²) in [5.41, 5.74) is 0. The van der Waals surface area contributed by atoms with Crippen molar-refractivity contribution in [1.29, 1.82) is 0 Å². The van der Waals surface area contributed by atoms with Gasteiger partial charge in [0.15, 0.2) is 0 Å². The van der Waals surface area contributed by atoms with Crippen LogP contribution in [0.2, 0.25) is 0 Å². The third-order valence-corrected chi connectivity index (χ3v) is 3.80. The molecule has 1 nitrogen and oxygen atoms in total. The van der Waals surface area contributed by atoms with Crippen LogP contribution in [-0.4, -0.2) is 5.78 Å². The van der Waals surface area contributed by atoms with Gasteiger partial charge >= 0.3 is 0 Å². The first-order chi connectivity index (χ1) is 5.91. The maximum atomic E-state index is 11.2. The van der Waals surface area contributed by atoms with E-state index in [4.69, 9.17) is 0 Å². The van der Waals surface area contributed by atoms with E-state index in [1.165, 1.54) is 6.42 Å². The monoisotopic (exact) mass is 184 g/mol. The molecule has 0 bridgehead atoms. The Labute approximate surface area is 82.9 Å². The van der Waals surface area contributed by atoms with Crippen molar-refractivity contribution >= 4 is 5.78 Å². The number of ketones is 1. The van der Waals surface area contributed by atoms with Crippen LogP contribution in [0.25, 0.3) is 0 Å². The van der Waals surface area contributed by atoms with Crippen molar-refractivity contribution < 1.29 is 4.79 Å². The minimum atomic E-state index is 0.212. The third kappa shape index (κ3) is 3.50. The molecule has 0 saturated carbocycles. The first-order valence-electron chi connectivity index (χ1n) is 5.42. The van der Waals surface area contributed by atoms with Crippen molar-refractivity contribution in [3.8, 4) is 0 Å². The molecule has 0 aliphatic carbocycles. The zero-order chi connectivity index (χ0) is 10.6. The molecule has 0 saturated heterocycles. The van der Waals surface area contributed by atoms with Gasteiger partial charge in [0.05, 0.1) is 0 Å². The van der Waals surface area contributed by atoms with E-state index in [1.54, 1.807) is 6.92 Å². The summed E-state index contributed by atoms with van der Waals surface area (Å²) >= 11 is 0. The highest BCUT2D eigenvalue weighted by molar-refractivity contribution is 5.78. The molecule has 0 spiro atoms. The minimum Gasteiger partial charge on any atom is -0.300 e. The quantitative estimate of drug-likeness (QED) is 0.639. The topological polar surface area (TPSA) is 17.1 Å². The molecule has 13 heavy (non-hydrogen) atoms. The predicted octanol–water partition coefficient (Wildman–Crippen LogP) is 3.53. The summed E-state index contributed by atoms with van der Waals surface area (Å²) in [7, 11) is 0. The number of rotatable bonds is 5. The van der Waals surface area contributed by atoms with Crippen LogP contribution in [0, 0.1) is 23.7 Å². The Bertz CT molecular complexity index is 163. The van der Waals surface area contributed by atoms with E-state index in [1.807, 2.05) is 6.92 Å². The smallest absolute Gasteiger partial charge is 0.132 e. The van der Waals surface area contributed by atoms with Gasteiger partial charge in [0.2, 0.25) is 0 Å². The Hall–Kier alpha value is -0.330. The molecule has 0 radical (unpaired) electrons. The van der Waals surface area contributed by atoms with Crippen molar-refractivity contribution in [2.45, 2.75) is 48.0 Å². The number of hydrogen-bond acceptors (Lipinski definition) is 1. The summed E-state index contributed by atoms with van der Waals surface area (Å²) in [5.74, 6) is 2.40. The number of carbonyl (C=O) groups excluding carboxylic acids is 1. The van der Waals surface area contributed by atoms with Crippen molar-refractivity contribution in [2.75, 3.05) is 0 Å². The molecule has 4 atom stereocenters. The SMILES string of the molecule is CC[C@@H](C)[C@H](C)[C@@H](C)[C@@H](C)C(C)=O. The van der Waals surface area contributed by atoms with Crippen molar-refractivity contribution in [3.05, 3.63) is 0 Å². The van der Waals surface area contributed by atoms with Crippen LogP contribution >= 0.6 is 0 Å². The van der Waals surface area contributed by atoms with Crippen molar-refractivity contribution in [2.24, 2.45) is 23.7 Å². The molecule has 0 aromatic heterocycles. The van der Waals surface area contributed by atoms with Gasteiger partial charge in [-0.2, -0.15) is 0 Å².